The van der Waals surface area contributed by atoms with Gasteiger partial charge in [0.15, 0.2) is 5.60 Å². The van der Waals surface area contributed by atoms with Crippen molar-refractivity contribution in [3.05, 3.63) is 64.6 Å². The number of anilines is 1. The van der Waals surface area contributed by atoms with Crippen molar-refractivity contribution < 1.29 is 23.5 Å². The number of likely N-dealkylation sites (tertiary alicyclic amines) is 1. The fraction of sp³-hybridized carbons (Fsp3) is 0.448. The molecule has 3 aliphatic rings. The molecule has 2 amide bonds. The Balaban J connectivity index is 1.41. The standard InChI is InChI=1S/C29H33FN4O5Si/c1-17-26(40(2,3)30)24(14-25(36)33-12-6-8-20(33)16-35)39-29(17)22-13-19(10-11-23(22)32-28(29)38)34-27(37)21-9-5-4-7-18(21)15-31-34/h4-5,7,9-11,13,15,17,20,24,26,35H,6,8,12,14,16H2,1-3H3,(H,32,38)/t17-,20+,24+,26-,29+/m1/s1. The van der Waals surface area contributed by atoms with Crippen LogP contribution in [0.4, 0.5) is 9.80 Å². The lowest BCUT2D eigenvalue weighted by atomic mass is 9.82. The van der Waals surface area contributed by atoms with Crippen LogP contribution in [0.2, 0.25) is 18.6 Å². The van der Waals surface area contributed by atoms with Crippen LogP contribution in [0, 0.1) is 5.92 Å². The lowest BCUT2D eigenvalue weighted by Crippen LogP contribution is -2.42. The molecule has 6 rings (SSSR count). The summed E-state index contributed by atoms with van der Waals surface area (Å²) < 4.78 is 23.8. The van der Waals surface area contributed by atoms with E-state index in [2.05, 4.69) is 10.4 Å². The number of hydrogen-bond donors (Lipinski definition) is 2. The number of halogens is 1. The molecule has 9 nitrogen and oxygen atoms in total. The van der Waals surface area contributed by atoms with Crippen LogP contribution in [0.3, 0.4) is 0 Å². The predicted octanol–water partition coefficient (Wildman–Crippen LogP) is 3.49. The number of ether oxygens (including phenoxy) is 1. The highest BCUT2D eigenvalue weighted by Gasteiger charge is 2.65. The molecular weight excluding hydrogens is 531 g/mol. The molecule has 5 atom stereocenters. The Morgan fingerprint density at radius 3 is 2.77 bits per heavy atom. The number of amides is 2. The normalized spacial score (nSPS) is 27.9. The van der Waals surface area contributed by atoms with Crippen LogP contribution < -0.4 is 10.9 Å². The minimum absolute atomic E-state index is 0.0679. The maximum Gasteiger partial charge on any atom is 0.279 e. The molecule has 0 aliphatic carbocycles. The molecule has 4 heterocycles. The van der Waals surface area contributed by atoms with Gasteiger partial charge in [-0.15, -0.1) is 0 Å². The van der Waals surface area contributed by atoms with Crippen molar-refractivity contribution in [2.24, 2.45) is 5.92 Å². The van der Waals surface area contributed by atoms with Gasteiger partial charge in [-0.1, -0.05) is 25.1 Å². The van der Waals surface area contributed by atoms with Crippen LogP contribution in [0.1, 0.15) is 31.7 Å². The molecule has 3 aliphatic heterocycles. The predicted molar refractivity (Wildman–Crippen MR) is 150 cm³/mol. The Kier molecular flexibility index (Phi) is 6.43. The summed E-state index contributed by atoms with van der Waals surface area (Å²) in [5.41, 5.74) is -0.952. The molecule has 2 N–H and O–H groups in total. The highest BCUT2D eigenvalue weighted by atomic mass is 28.4. The van der Waals surface area contributed by atoms with Crippen molar-refractivity contribution >= 4 is 36.7 Å². The number of carbonyl (C=O) groups excluding carboxylic acids is 2. The van der Waals surface area contributed by atoms with Crippen LogP contribution in [0.5, 0.6) is 0 Å². The third-order valence-corrected chi connectivity index (χ3v) is 11.4. The fourth-order valence-corrected chi connectivity index (χ4v) is 9.60. The van der Waals surface area contributed by atoms with Gasteiger partial charge >= 0.3 is 0 Å². The number of aromatic nitrogens is 2. The van der Waals surface area contributed by atoms with Gasteiger partial charge in [-0.25, -0.2) is 0 Å². The molecule has 2 saturated heterocycles. The first kappa shape index (κ1) is 26.8. The molecule has 1 aromatic heterocycles. The number of aliphatic hydroxyl groups excluding tert-OH is 1. The summed E-state index contributed by atoms with van der Waals surface area (Å²) >= 11 is 0. The SMILES string of the molecule is C[C@@H]1[C@@H]([Si](C)(C)F)[C@H](CC(=O)N2CCC[C@H]2CO)O[C@@]12C(=O)Nc1ccc(-n3ncc4ccccc4c3=O)cc12. The second-order valence-corrected chi connectivity index (χ2v) is 15.5. The summed E-state index contributed by atoms with van der Waals surface area (Å²) in [7, 11) is -3.44. The molecular formula is C29H33FN4O5Si. The second kappa shape index (κ2) is 9.60. The minimum Gasteiger partial charge on any atom is -0.394 e. The average molecular weight is 565 g/mol. The molecule has 0 saturated carbocycles. The van der Waals surface area contributed by atoms with Crippen molar-refractivity contribution in [3.63, 3.8) is 0 Å². The molecule has 11 heteroatoms. The molecule has 0 radical (unpaired) electrons. The van der Waals surface area contributed by atoms with E-state index in [0.29, 0.717) is 28.9 Å². The number of rotatable bonds is 5. The summed E-state index contributed by atoms with van der Waals surface area (Å²) in [6, 6.07) is 12.1. The molecule has 2 aromatic carbocycles. The summed E-state index contributed by atoms with van der Waals surface area (Å²) in [6.45, 7) is 5.41. The van der Waals surface area contributed by atoms with E-state index >= 15 is 4.11 Å². The van der Waals surface area contributed by atoms with Crippen LogP contribution >= 0.6 is 0 Å². The zero-order chi connectivity index (χ0) is 28.4. The summed E-state index contributed by atoms with van der Waals surface area (Å²) in [4.78, 5) is 41.9. The smallest absolute Gasteiger partial charge is 0.279 e. The highest BCUT2D eigenvalue weighted by Crippen LogP contribution is 2.59. The maximum atomic E-state index is 16.0. The third kappa shape index (κ3) is 4.01. The number of nitrogens with one attached hydrogen (secondary N) is 1. The minimum atomic E-state index is -3.44. The average Bonchev–Trinajstić information content (AvgIpc) is 3.59. The summed E-state index contributed by atoms with van der Waals surface area (Å²) in [6.07, 6.45) is 2.26. The van der Waals surface area contributed by atoms with E-state index in [1.165, 1.54) is 4.68 Å². The van der Waals surface area contributed by atoms with Crippen LogP contribution in [-0.4, -0.2) is 65.3 Å². The van der Waals surface area contributed by atoms with Crippen molar-refractivity contribution in [1.29, 1.82) is 0 Å². The van der Waals surface area contributed by atoms with Gasteiger partial charge < -0.3 is 24.2 Å². The molecule has 40 heavy (non-hydrogen) atoms. The van der Waals surface area contributed by atoms with Crippen LogP contribution in [0.25, 0.3) is 16.5 Å². The van der Waals surface area contributed by atoms with E-state index in [9.17, 15) is 19.5 Å². The zero-order valence-corrected chi connectivity index (χ0v) is 23.8. The first-order valence-electron chi connectivity index (χ1n) is 13.8. The number of aliphatic hydroxyl groups is 1. The molecule has 210 valence electrons. The Morgan fingerprint density at radius 2 is 2.02 bits per heavy atom. The number of fused-ring (bicyclic) bond motifs is 3. The highest BCUT2D eigenvalue weighted by molar-refractivity contribution is 6.72. The van der Waals surface area contributed by atoms with Gasteiger partial charge in [0.1, 0.15) is 0 Å². The molecule has 3 aromatic rings. The number of hydrogen-bond acceptors (Lipinski definition) is 6. The van der Waals surface area contributed by atoms with E-state index in [4.69, 9.17) is 4.74 Å². The lowest BCUT2D eigenvalue weighted by molar-refractivity contribution is -0.148. The van der Waals surface area contributed by atoms with Crippen molar-refractivity contribution in [2.75, 3.05) is 18.5 Å². The van der Waals surface area contributed by atoms with Gasteiger partial charge in [-0.2, -0.15) is 9.78 Å². The largest absolute Gasteiger partial charge is 0.394 e. The van der Waals surface area contributed by atoms with Crippen LogP contribution in [0.15, 0.2) is 53.5 Å². The van der Waals surface area contributed by atoms with E-state index in [0.717, 1.165) is 18.2 Å². The first-order valence-corrected chi connectivity index (χ1v) is 16.7. The molecule has 1 spiro atoms. The summed E-state index contributed by atoms with van der Waals surface area (Å²) in [5, 5.41) is 18.2. The summed E-state index contributed by atoms with van der Waals surface area (Å²) in [5.74, 6) is -1.17. The van der Waals surface area contributed by atoms with E-state index in [-0.39, 0.29) is 30.5 Å². The van der Waals surface area contributed by atoms with Crippen molar-refractivity contribution in [3.8, 4) is 5.69 Å². The van der Waals surface area contributed by atoms with Crippen molar-refractivity contribution in [1.82, 2.24) is 14.7 Å². The van der Waals surface area contributed by atoms with Gasteiger partial charge in [0.25, 0.3) is 11.5 Å². The Labute approximate surface area is 232 Å². The lowest BCUT2D eigenvalue weighted by Gasteiger charge is -2.31. The monoisotopic (exact) mass is 564 g/mol. The number of benzene rings is 2. The number of carbonyl (C=O) groups is 2. The van der Waals surface area contributed by atoms with Gasteiger partial charge in [0.05, 0.1) is 42.4 Å². The Hall–Kier alpha value is -3.41. The quantitative estimate of drug-likeness (QED) is 0.362. The van der Waals surface area contributed by atoms with E-state index in [1.54, 1.807) is 54.5 Å². The van der Waals surface area contributed by atoms with Gasteiger partial charge in [0, 0.05) is 34.6 Å². The van der Waals surface area contributed by atoms with E-state index in [1.807, 2.05) is 19.1 Å². The van der Waals surface area contributed by atoms with Crippen LogP contribution in [-0.2, 0) is 19.9 Å². The van der Waals surface area contributed by atoms with E-state index < -0.39 is 37.5 Å². The third-order valence-electron chi connectivity index (χ3n) is 8.92. The Bertz CT molecular complexity index is 1570. The number of nitrogens with zero attached hydrogens (tertiary/aromatic N) is 3. The van der Waals surface area contributed by atoms with Gasteiger partial charge in [-0.05, 0) is 50.2 Å². The zero-order valence-electron chi connectivity index (χ0n) is 22.8. The molecule has 0 unspecified atom stereocenters. The second-order valence-electron chi connectivity index (χ2n) is 11.7. The first-order chi connectivity index (χ1) is 19.1. The Morgan fingerprint density at radius 1 is 1.25 bits per heavy atom. The molecule has 0 bridgehead atoms. The fourth-order valence-electron chi connectivity index (χ4n) is 7.10. The van der Waals surface area contributed by atoms with Crippen molar-refractivity contribution in [2.45, 2.75) is 62.6 Å². The van der Waals surface area contributed by atoms with Gasteiger partial charge in [0.2, 0.25) is 14.3 Å². The van der Waals surface area contributed by atoms with Gasteiger partial charge in [-0.3, -0.25) is 14.4 Å². The maximum absolute atomic E-state index is 16.0. The molecule has 2 fully saturated rings. The topological polar surface area (TPSA) is 114 Å².